The average molecular weight is 742 g/mol. The van der Waals surface area contributed by atoms with Gasteiger partial charge < -0.3 is 0 Å². The topological polar surface area (TPSA) is 30.2 Å². The minimum absolute atomic E-state index is 0.900. The van der Waals surface area contributed by atoms with Crippen molar-refractivity contribution in [2.24, 2.45) is 4.99 Å². The molecule has 0 N–H and O–H groups in total. The van der Waals surface area contributed by atoms with Gasteiger partial charge >= 0.3 is 0 Å². The summed E-state index contributed by atoms with van der Waals surface area (Å²) in [5.74, 6) is 0. The molecule has 0 saturated carbocycles. The van der Waals surface area contributed by atoms with Crippen molar-refractivity contribution < 1.29 is 0 Å². The van der Waals surface area contributed by atoms with E-state index in [2.05, 4.69) is 192 Å². The number of aliphatic imine (C=N–C) groups is 1. The van der Waals surface area contributed by atoms with Crippen LogP contribution >= 0.6 is 0 Å². The summed E-state index contributed by atoms with van der Waals surface area (Å²) in [5.41, 5.74) is 14.2. The first-order chi connectivity index (χ1) is 28.7. The molecular formula is C55H39N3. The van der Waals surface area contributed by atoms with Crippen molar-refractivity contribution in [2.75, 3.05) is 7.05 Å². The fourth-order valence-corrected chi connectivity index (χ4v) is 8.58. The lowest BCUT2D eigenvalue weighted by molar-refractivity contribution is 1.14. The first kappa shape index (κ1) is 34.8. The molecule has 10 rings (SSSR count). The van der Waals surface area contributed by atoms with Gasteiger partial charge in [-0.3, -0.25) is 9.56 Å². The van der Waals surface area contributed by atoms with Crippen LogP contribution in [0.3, 0.4) is 0 Å². The summed E-state index contributed by atoms with van der Waals surface area (Å²) in [6.07, 6.45) is 5.97. The van der Waals surface area contributed by atoms with Gasteiger partial charge in [-0.15, -0.1) is 0 Å². The lowest BCUT2D eigenvalue weighted by Crippen LogP contribution is -1.95. The largest absolute Gasteiger partial charge is 0.296 e. The molecular weight excluding hydrogens is 703 g/mol. The smallest absolute Gasteiger partial charge is 0.145 e. The number of rotatable bonds is 8. The number of hydrogen-bond acceptors (Lipinski definition) is 2. The predicted octanol–water partition coefficient (Wildman–Crippen LogP) is 14.3. The molecule has 0 radical (unpaired) electrons. The molecule has 0 aliphatic carbocycles. The maximum Gasteiger partial charge on any atom is 0.145 e. The fourth-order valence-electron chi connectivity index (χ4n) is 8.58. The Kier molecular flexibility index (Phi) is 8.89. The zero-order valence-electron chi connectivity index (χ0n) is 32.2. The number of benzene rings is 8. The summed E-state index contributed by atoms with van der Waals surface area (Å²) < 4.78 is 2.24. The number of hydrogen-bond donors (Lipinski definition) is 0. The van der Waals surface area contributed by atoms with Gasteiger partial charge in [-0.25, -0.2) is 4.98 Å². The third-order valence-corrected chi connectivity index (χ3v) is 11.2. The van der Waals surface area contributed by atoms with E-state index < -0.39 is 0 Å². The van der Waals surface area contributed by atoms with E-state index in [-0.39, 0.29) is 0 Å². The van der Waals surface area contributed by atoms with Gasteiger partial charge in [0.05, 0.1) is 5.52 Å². The van der Waals surface area contributed by atoms with Gasteiger partial charge in [0.2, 0.25) is 0 Å². The molecule has 0 aliphatic rings. The van der Waals surface area contributed by atoms with Crippen LogP contribution < -0.4 is 0 Å². The van der Waals surface area contributed by atoms with Gasteiger partial charge in [-0.05, 0) is 132 Å². The Morgan fingerprint density at radius 2 is 1.05 bits per heavy atom. The zero-order valence-corrected chi connectivity index (χ0v) is 32.2. The summed E-state index contributed by atoms with van der Waals surface area (Å²) in [7, 11) is 1.82. The fraction of sp³-hybridized carbons (Fsp3) is 0.0182. The van der Waals surface area contributed by atoms with E-state index in [4.69, 9.17) is 11.6 Å². The Bertz CT molecular complexity index is 3170. The van der Waals surface area contributed by atoms with Crippen molar-refractivity contribution in [1.82, 2.24) is 9.55 Å². The first-order valence-electron chi connectivity index (χ1n) is 19.6. The molecule has 2 heterocycles. The molecule has 0 atom stereocenters. The lowest BCUT2D eigenvalue weighted by atomic mass is 9.84. The Morgan fingerprint density at radius 3 is 1.69 bits per heavy atom. The van der Waals surface area contributed by atoms with Crippen molar-refractivity contribution in [3.05, 3.63) is 218 Å². The van der Waals surface area contributed by atoms with Crippen LogP contribution in [0, 0.1) is 0 Å². The quantitative estimate of drug-likeness (QED) is 0.0866. The molecule has 0 spiro atoms. The third kappa shape index (κ3) is 6.10. The minimum Gasteiger partial charge on any atom is -0.296 e. The molecule has 274 valence electrons. The Balaban J connectivity index is 1.16. The van der Waals surface area contributed by atoms with Crippen molar-refractivity contribution in [2.45, 2.75) is 0 Å². The molecule has 2 aromatic heterocycles. The predicted molar refractivity (Wildman–Crippen MR) is 248 cm³/mol. The maximum absolute atomic E-state index is 4.83. The van der Waals surface area contributed by atoms with Crippen LogP contribution in [0.5, 0.6) is 0 Å². The number of nitrogens with zero attached hydrogens (tertiary/aromatic N) is 3. The van der Waals surface area contributed by atoms with E-state index in [9.17, 15) is 0 Å². The van der Waals surface area contributed by atoms with Crippen LogP contribution in [0.2, 0.25) is 0 Å². The highest BCUT2D eigenvalue weighted by atomic mass is 15.0. The molecule has 0 aliphatic heterocycles. The second-order valence-corrected chi connectivity index (χ2v) is 14.7. The Morgan fingerprint density at radius 1 is 0.500 bits per heavy atom. The van der Waals surface area contributed by atoms with Gasteiger partial charge in [0.1, 0.15) is 5.65 Å². The third-order valence-electron chi connectivity index (χ3n) is 11.2. The molecule has 3 nitrogen and oxygen atoms in total. The number of allylic oxidation sites excluding steroid dienone is 3. The minimum atomic E-state index is 0.900. The van der Waals surface area contributed by atoms with Gasteiger partial charge in [0.25, 0.3) is 0 Å². The highest BCUT2D eigenvalue weighted by Crippen LogP contribution is 2.45. The second kappa shape index (κ2) is 14.8. The standard InChI is InChI=1S/C55H39N3/c1-37(31-44(36-56-2)40-28-29-52-51(35-40)50-27-16-30-57-55(50)58(52)45-21-10-5-11-22-45)41-32-42(38-17-6-3-7-18-38)34-43(33-41)54-48-25-14-12-23-46(48)53(39-19-8-4-9-20-39)47-24-13-15-26-49(47)54/h3-36H,1H2,2H3/b44-31+,56-36?. The van der Waals surface area contributed by atoms with Crippen LogP contribution in [0.25, 0.3) is 93.7 Å². The van der Waals surface area contributed by atoms with Gasteiger partial charge in [0, 0.05) is 41.5 Å². The van der Waals surface area contributed by atoms with E-state index in [0.717, 1.165) is 66.6 Å². The monoisotopic (exact) mass is 741 g/mol. The molecule has 0 amide bonds. The molecule has 0 fully saturated rings. The molecule has 0 unspecified atom stereocenters. The number of pyridine rings is 1. The highest BCUT2D eigenvalue weighted by Gasteiger charge is 2.19. The Hall–Kier alpha value is -7.62. The SMILES string of the molecule is C=C(/C=C(\C=NC)c1ccc2c(c1)c1cccnc1n2-c1ccccc1)c1cc(-c2ccccc2)cc(-c2c3ccccc3c(-c3ccccc3)c3ccccc23)c1. The number of para-hydroxylation sites is 1. The van der Waals surface area contributed by atoms with Crippen molar-refractivity contribution in [1.29, 1.82) is 0 Å². The van der Waals surface area contributed by atoms with E-state index in [1.165, 1.54) is 38.2 Å². The average Bonchev–Trinajstić information content (AvgIpc) is 3.62. The highest BCUT2D eigenvalue weighted by molar-refractivity contribution is 6.22. The van der Waals surface area contributed by atoms with Gasteiger partial charge in [-0.1, -0.05) is 140 Å². The molecule has 0 bridgehead atoms. The summed E-state index contributed by atoms with van der Waals surface area (Å²) >= 11 is 0. The van der Waals surface area contributed by atoms with Gasteiger partial charge in [-0.2, -0.15) is 0 Å². The van der Waals surface area contributed by atoms with E-state index in [0.29, 0.717) is 0 Å². The molecule has 3 heteroatoms. The zero-order chi connectivity index (χ0) is 39.0. The van der Waals surface area contributed by atoms with Crippen molar-refractivity contribution in [3.63, 3.8) is 0 Å². The summed E-state index contributed by atoms with van der Waals surface area (Å²) in [6, 6.07) is 67.2. The Labute approximate surface area is 338 Å². The lowest BCUT2D eigenvalue weighted by Gasteiger charge is -2.19. The summed E-state index contributed by atoms with van der Waals surface area (Å²) in [5, 5.41) is 7.13. The van der Waals surface area contributed by atoms with Crippen LogP contribution in [-0.4, -0.2) is 22.8 Å². The molecule has 58 heavy (non-hydrogen) atoms. The number of aromatic nitrogens is 2. The van der Waals surface area contributed by atoms with Gasteiger partial charge in [0.15, 0.2) is 0 Å². The maximum atomic E-state index is 4.83. The van der Waals surface area contributed by atoms with Crippen LogP contribution in [0.4, 0.5) is 0 Å². The second-order valence-electron chi connectivity index (χ2n) is 14.7. The van der Waals surface area contributed by atoms with E-state index in [1.807, 2.05) is 31.6 Å². The normalized spacial score (nSPS) is 12.0. The van der Waals surface area contributed by atoms with E-state index >= 15 is 0 Å². The number of fused-ring (bicyclic) bond motifs is 5. The molecule has 8 aromatic carbocycles. The summed E-state index contributed by atoms with van der Waals surface area (Å²) in [4.78, 5) is 9.36. The molecule has 10 aromatic rings. The van der Waals surface area contributed by atoms with Crippen molar-refractivity contribution >= 4 is 60.8 Å². The van der Waals surface area contributed by atoms with Crippen molar-refractivity contribution in [3.8, 4) is 39.1 Å². The first-order valence-corrected chi connectivity index (χ1v) is 19.6. The van der Waals surface area contributed by atoms with Crippen LogP contribution in [-0.2, 0) is 0 Å². The van der Waals surface area contributed by atoms with Crippen LogP contribution in [0.1, 0.15) is 11.1 Å². The molecule has 0 saturated heterocycles. The van der Waals surface area contributed by atoms with Crippen LogP contribution in [0.15, 0.2) is 212 Å². The van der Waals surface area contributed by atoms with E-state index in [1.54, 1.807) is 0 Å². The summed E-state index contributed by atoms with van der Waals surface area (Å²) in [6.45, 7) is 4.72.